The molecule has 5 aliphatic rings. The number of hydrogen-bond donors (Lipinski definition) is 0. The lowest BCUT2D eigenvalue weighted by Crippen LogP contribution is -2.58. The standard InChI is InChI=1S/C12H10O4/c13-7-3-6-4-1-2-5(8(6)7)10-9(4)11(14)16-12(10)15/h1-2,4-6,8-10H,3H2/t4-,5-,6-,8-,9+,10+/m0/s1. The minimum absolute atomic E-state index is 0.0188. The molecule has 3 fully saturated rings. The highest BCUT2D eigenvalue weighted by Crippen LogP contribution is 2.59. The number of allylic oxidation sites excluding steroid dienone is 2. The highest BCUT2D eigenvalue weighted by molar-refractivity contribution is 6.00. The van der Waals surface area contributed by atoms with E-state index in [1.807, 2.05) is 12.2 Å². The van der Waals surface area contributed by atoms with Crippen LogP contribution in [0.3, 0.4) is 0 Å². The molecule has 0 radical (unpaired) electrons. The SMILES string of the molecule is O=C1OC(=O)[C@@H]2[C@H]3C=C[C@H]([C@@H]12)[C@@H]1C(=O)C[C@@H]31. The second kappa shape index (κ2) is 2.44. The van der Waals surface area contributed by atoms with E-state index in [-0.39, 0.29) is 47.3 Å². The Balaban J connectivity index is 1.84. The van der Waals surface area contributed by atoms with Crippen molar-refractivity contribution in [3.8, 4) is 0 Å². The Kier molecular flexibility index (Phi) is 1.32. The first-order chi connectivity index (χ1) is 7.68. The van der Waals surface area contributed by atoms with Gasteiger partial charge in [0.25, 0.3) is 0 Å². The molecule has 0 N–H and O–H groups in total. The van der Waals surface area contributed by atoms with Crippen molar-refractivity contribution in [2.75, 3.05) is 0 Å². The van der Waals surface area contributed by atoms with Gasteiger partial charge in [-0.1, -0.05) is 12.2 Å². The number of esters is 2. The summed E-state index contributed by atoms with van der Waals surface area (Å²) in [5, 5.41) is 0. The van der Waals surface area contributed by atoms with Crippen LogP contribution in [0.15, 0.2) is 12.2 Å². The van der Waals surface area contributed by atoms with Gasteiger partial charge in [-0.15, -0.1) is 0 Å². The number of ether oxygens (including phenoxy) is 1. The fourth-order valence-corrected chi connectivity index (χ4v) is 4.02. The maximum Gasteiger partial charge on any atom is 0.318 e. The molecule has 0 aromatic rings. The highest BCUT2D eigenvalue weighted by atomic mass is 16.6. The van der Waals surface area contributed by atoms with Crippen molar-refractivity contribution in [1.29, 1.82) is 0 Å². The molecule has 1 aliphatic heterocycles. The van der Waals surface area contributed by atoms with Crippen LogP contribution in [0.5, 0.6) is 0 Å². The molecule has 4 aliphatic carbocycles. The summed E-state index contributed by atoms with van der Waals surface area (Å²) in [4.78, 5) is 34.8. The molecule has 1 heterocycles. The van der Waals surface area contributed by atoms with Gasteiger partial charge in [0.2, 0.25) is 0 Å². The zero-order chi connectivity index (χ0) is 11.0. The van der Waals surface area contributed by atoms with Crippen LogP contribution in [0.1, 0.15) is 6.42 Å². The van der Waals surface area contributed by atoms with E-state index in [2.05, 4.69) is 0 Å². The van der Waals surface area contributed by atoms with Gasteiger partial charge in [0.05, 0.1) is 11.8 Å². The number of hydrogen-bond acceptors (Lipinski definition) is 4. The average molecular weight is 218 g/mol. The molecule has 0 spiro atoms. The second-order valence-corrected chi connectivity index (χ2v) is 5.19. The van der Waals surface area contributed by atoms with Crippen molar-refractivity contribution in [2.24, 2.45) is 35.5 Å². The first-order valence-electron chi connectivity index (χ1n) is 5.65. The van der Waals surface area contributed by atoms with Gasteiger partial charge in [-0.05, 0) is 11.8 Å². The number of Topliss-reactive ketones (excluding diaryl/α,β-unsaturated/α-hetero) is 1. The molecular formula is C12H10O4. The number of rotatable bonds is 0. The van der Waals surface area contributed by atoms with E-state index in [0.717, 1.165) is 0 Å². The van der Waals surface area contributed by atoms with Gasteiger partial charge < -0.3 is 4.74 Å². The lowest BCUT2D eigenvalue weighted by Gasteiger charge is -2.53. The zero-order valence-corrected chi connectivity index (χ0v) is 8.46. The molecule has 2 bridgehead atoms. The molecule has 0 aromatic carbocycles. The molecule has 2 saturated carbocycles. The Labute approximate surface area is 91.6 Å². The lowest BCUT2D eigenvalue weighted by atomic mass is 9.46. The molecule has 82 valence electrons. The summed E-state index contributed by atoms with van der Waals surface area (Å²) in [5.41, 5.74) is 0. The lowest BCUT2D eigenvalue weighted by molar-refractivity contribution is -0.154. The van der Waals surface area contributed by atoms with E-state index < -0.39 is 5.97 Å². The van der Waals surface area contributed by atoms with Gasteiger partial charge in [0.1, 0.15) is 5.78 Å². The van der Waals surface area contributed by atoms with Crippen LogP contribution in [0.25, 0.3) is 0 Å². The molecule has 0 aromatic heterocycles. The van der Waals surface area contributed by atoms with Crippen molar-refractivity contribution < 1.29 is 19.1 Å². The van der Waals surface area contributed by atoms with E-state index in [0.29, 0.717) is 6.42 Å². The highest BCUT2D eigenvalue weighted by Gasteiger charge is 2.65. The Bertz CT molecular complexity index is 464. The predicted octanol–water partition coefficient (Wildman–Crippen LogP) is 0.323. The molecule has 1 saturated heterocycles. The molecule has 16 heavy (non-hydrogen) atoms. The fourth-order valence-electron chi connectivity index (χ4n) is 4.02. The molecular weight excluding hydrogens is 208 g/mol. The van der Waals surface area contributed by atoms with E-state index in [1.54, 1.807) is 0 Å². The van der Waals surface area contributed by atoms with Gasteiger partial charge in [0, 0.05) is 18.3 Å². The number of carbonyl (C=O) groups is 3. The monoisotopic (exact) mass is 218 g/mol. The van der Waals surface area contributed by atoms with Crippen molar-refractivity contribution in [3.05, 3.63) is 12.2 Å². The summed E-state index contributed by atoms with van der Waals surface area (Å²) in [6, 6.07) is 0. The van der Waals surface area contributed by atoms with E-state index >= 15 is 0 Å². The molecule has 6 atom stereocenters. The Morgan fingerprint density at radius 1 is 0.938 bits per heavy atom. The summed E-state index contributed by atoms with van der Waals surface area (Å²) in [5.74, 6) is -1.02. The Morgan fingerprint density at radius 3 is 2.25 bits per heavy atom. The van der Waals surface area contributed by atoms with Crippen LogP contribution in [0.2, 0.25) is 0 Å². The van der Waals surface area contributed by atoms with Crippen LogP contribution in [0.4, 0.5) is 0 Å². The van der Waals surface area contributed by atoms with Gasteiger partial charge in [-0.2, -0.15) is 0 Å². The summed E-state index contributed by atoms with van der Waals surface area (Å²) in [7, 11) is 0. The maximum absolute atomic E-state index is 11.6. The van der Waals surface area contributed by atoms with E-state index in [4.69, 9.17) is 4.74 Å². The predicted molar refractivity (Wildman–Crippen MR) is 50.8 cm³/mol. The van der Waals surface area contributed by atoms with Gasteiger partial charge in [-0.25, -0.2) is 0 Å². The van der Waals surface area contributed by atoms with E-state index in [1.165, 1.54) is 0 Å². The summed E-state index contributed by atoms with van der Waals surface area (Å²) >= 11 is 0. The summed E-state index contributed by atoms with van der Waals surface area (Å²) in [6.07, 6.45) is 4.53. The third-order valence-corrected chi connectivity index (χ3v) is 4.70. The Hall–Kier alpha value is -1.45. The zero-order valence-electron chi connectivity index (χ0n) is 8.46. The minimum Gasteiger partial charge on any atom is -0.393 e. The summed E-state index contributed by atoms with van der Waals surface area (Å²) in [6.45, 7) is 0. The third kappa shape index (κ3) is 0.740. The van der Waals surface area contributed by atoms with Gasteiger partial charge in [0.15, 0.2) is 0 Å². The molecule has 4 nitrogen and oxygen atoms in total. The molecule has 5 rings (SSSR count). The normalized spacial score (nSPS) is 52.1. The van der Waals surface area contributed by atoms with Crippen molar-refractivity contribution in [2.45, 2.75) is 6.42 Å². The minimum atomic E-state index is -0.424. The molecule has 4 heteroatoms. The fraction of sp³-hybridized carbons (Fsp3) is 0.583. The van der Waals surface area contributed by atoms with Crippen molar-refractivity contribution in [3.63, 3.8) is 0 Å². The van der Waals surface area contributed by atoms with Crippen LogP contribution in [0, 0.1) is 35.5 Å². The van der Waals surface area contributed by atoms with Crippen LogP contribution in [-0.2, 0) is 19.1 Å². The number of carbonyl (C=O) groups excluding carboxylic acids is 3. The first kappa shape index (κ1) is 8.67. The quantitative estimate of drug-likeness (QED) is 0.334. The second-order valence-electron chi connectivity index (χ2n) is 5.19. The van der Waals surface area contributed by atoms with Crippen molar-refractivity contribution in [1.82, 2.24) is 0 Å². The van der Waals surface area contributed by atoms with Crippen LogP contribution < -0.4 is 0 Å². The van der Waals surface area contributed by atoms with Gasteiger partial charge >= 0.3 is 11.9 Å². The number of ketones is 1. The van der Waals surface area contributed by atoms with Crippen LogP contribution >= 0.6 is 0 Å². The molecule has 0 unspecified atom stereocenters. The average Bonchev–Trinajstić information content (AvgIpc) is 2.54. The number of cyclic esters (lactones) is 2. The third-order valence-electron chi connectivity index (χ3n) is 4.70. The topological polar surface area (TPSA) is 60.4 Å². The van der Waals surface area contributed by atoms with Crippen LogP contribution in [-0.4, -0.2) is 17.7 Å². The smallest absolute Gasteiger partial charge is 0.318 e. The largest absolute Gasteiger partial charge is 0.393 e. The first-order valence-corrected chi connectivity index (χ1v) is 5.65. The molecule has 0 amide bonds. The van der Waals surface area contributed by atoms with Crippen molar-refractivity contribution >= 4 is 17.7 Å². The van der Waals surface area contributed by atoms with Gasteiger partial charge in [-0.3, -0.25) is 14.4 Å². The van der Waals surface area contributed by atoms with E-state index in [9.17, 15) is 14.4 Å². The maximum atomic E-state index is 11.6. The summed E-state index contributed by atoms with van der Waals surface area (Å²) < 4.78 is 4.72. The Morgan fingerprint density at radius 2 is 1.56 bits per heavy atom.